The summed E-state index contributed by atoms with van der Waals surface area (Å²) in [5, 5.41) is 42.4. The molecule has 3 heterocycles. The first kappa shape index (κ1) is 95.0. The first-order valence-corrected chi connectivity index (χ1v) is 45.6. The van der Waals surface area contributed by atoms with E-state index in [0.717, 1.165) is 58.2 Å². The van der Waals surface area contributed by atoms with E-state index in [-0.39, 0.29) is 94.9 Å². The van der Waals surface area contributed by atoms with Crippen LogP contribution in [0.1, 0.15) is 157 Å². The van der Waals surface area contributed by atoms with Gasteiger partial charge in [0.25, 0.3) is 43.6 Å². The SMILES string of the molecule is COc1ccc(C(C)=NNc2ccc(C)cc2S(=O)(=O)Nc2ccccc2C(=O)O)c(OC)c1.Cc1ccc(S(=O)(=O)Nc2cc(C(C(=O)OC(C)C)C(=O)C(F)(F)F)c(O)c3ccccc23)c(C)c1.NS(=O)(=O)c1cc(C(=O)NC2CCSc3ccccc32)ccc1Cl.O=C(O)C1CCCCC1C(=O)N1CCc2ccccc2C1CN1C(=O)c2ccccc2C1=O. The lowest BCUT2D eigenvalue weighted by molar-refractivity contribution is -0.178. The first-order chi connectivity index (χ1) is 60.1. The van der Waals surface area contributed by atoms with Crippen molar-refractivity contribution in [3.05, 3.63) is 272 Å². The number of fused-ring (bicyclic) bond motifs is 4. The summed E-state index contributed by atoms with van der Waals surface area (Å²) in [6.45, 7) is 10.1. The second kappa shape index (κ2) is 40.3. The third-order valence-corrected chi connectivity index (χ3v) is 26.9. The number of halogens is 4. The van der Waals surface area contributed by atoms with Crippen molar-refractivity contribution in [1.82, 2.24) is 15.1 Å². The molecule has 1 aliphatic carbocycles. The van der Waals surface area contributed by atoms with Crippen LogP contribution in [0, 0.1) is 32.6 Å². The minimum Gasteiger partial charge on any atom is -0.507 e. The number of rotatable bonds is 23. The van der Waals surface area contributed by atoms with Gasteiger partial charge in [0.05, 0.1) is 100 Å². The molecular formula is C91H90ClF3N8O20S4. The van der Waals surface area contributed by atoms with Gasteiger partial charge in [-0.1, -0.05) is 139 Å². The highest BCUT2D eigenvalue weighted by Gasteiger charge is 2.50. The Labute approximate surface area is 740 Å². The Hall–Kier alpha value is -12.7. The summed E-state index contributed by atoms with van der Waals surface area (Å²) in [4.78, 5) is 104. The minimum atomic E-state index is -5.43. The summed E-state index contributed by atoms with van der Waals surface area (Å²) in [6, 6.07) is 53.0. The summed E-state index contributed by atoms with van der Waals surface area (Å²) >= 11 is 7.61. The number of alkyl halides is 3. The smallest absolute Gasteiger partial charge is 0.451 e. The van der Waals surface area contributed by atoms with Crippen molar-refractivity contribution >= 4 is 134 Å². The van der Waals surface area contributed by atoms with Gasteiger partial charge >= 0.3 is 24.1 Å². The number of hydrogen-bond acceptors (Lipinski definition) is 21. The molecule has 1 fully saturated rings. The number of nitrogens with zero attached hydrogens (tertiary/aromatic N) is 3. The maximum absolute atomic E-state index is 13.7. The molecule has 0 aromatic heterocycles. The zero-order chi connectivity index (χ0) is 92.3. The van der Waals surface area contributed by atoms with Crippen LogP contribution >= 0.6 is 23.4 Å². The molecule has 666 valence electrons. The fourth-order valence-electron chi connectivity index (χ4n) is 15.3. The number of carbonyl (C=O) groups is 8. The van der Waals surface area contributed by atoms with E-state index in [2.05, 4.69) is 25.3 Å². The van der Waals surface area contributed by atoms with Gasteiger partial charge in [0, 0.05) is 50.7 Å². The molecule has 0 bridgehead atoms. The number of hydrazone groups is 1. The molecule has 5 unspecified atom stereocenters. The first-order valence-electron chi connectivity index (χ1n) is 39.7. The van der Waals surface area contributed by atoms with Crippen molar-refractivity contribution in [3.8, 4) is 17.2 Å². The number of carbonyl (C=O) groups excluding carboxylic acids is 6. The van der Waals surface area contributed by atoms with Crippen LogP contribution in [0.4, 0.5) is 30.2 Å². The van der Waals surface area contributed by atoms with Gasteiger partial charge in [-0.2, -0.15) is 18.3 Å². The van der Waals surface area contributed by atoms with Crippen molar-refractivity contribution in [3.63, 3.8) is 0 Å². The van der Waals surface area contributed by atoms with E-state index in [0.29, 0.717) is 70.8 Å². The molecule has 3 aliphatic heterocycles. The van der Waals surface area contributed by atoms with Crippen LogP contribution in [-0.4, -0.2) is 149 Å². The number of Topliss-reactive ketones (excluding diaryl/α,β-unsaturated/α-hetero) is 1. The van der Waals surface area contributed by atoms with E-state index in [9.17, 15) is 92.1 Å². The van der Waals surface area contributed by atoms with Gasteiger partial charge in [-0.15, -0.1) is 11.8 Å². The van der Waals surface area contributed by atoms with Crippen molar-refractivity contribution in [1.29, 1.82) is 0 Å². The minimum absolute atomic E-state index is 0.00605. The number of hydrogen-bond donors (Lipinski definition) is 8. The quantitative estimate of drug-likeness (QED) is 0.00736. The molecule has 4 amide bonds. The number of primary sulfonamides is 1. The number of sulfonamides is 3. The third-order valence-electron chi connectivity index (χ3n) is 21.4. The summed E-state index contributed by atoms with van der Waals surface area (Å²) in [6.07, 6.45) is -2.14. The van der Waals surface area contributed by atoms with E-state index in [4.69, 9.17) is 31.0 Å². The van der Waals surface area contributed by atoms with Crippen LogP contribution < -0.4 is 34.8 Å². The Morgan fingerprint density at radius 1 is 0.646 bits per heavy atom. The lowest BCUT2D eigenvalue weighted by Crippen LogP contribution is -2.50. The van der Waals surface area contributed by atoms with E-state index >= 15 is 0 Å². The number of esters is 1. The Kier molecular flexibility index (Phi) is 30.2. The number of ketones is 1. The molecule has 127 heavy (non-hydrogen) atoms. The lowest BCUT2D eigenvalue weighted by Gasteiger charge is -2.42. The highest BCUT2D eigenvalue weighted by molar-refractivity contribution is 7.99. The number of aromatic carboxylic acids is 1. The number of nitrogens with two attached hydrogens (primary N) is 1. The van der Waals surface area contributed by atoms with Gasteiger partial charge in [0.15, 0.2) is 5.92 Å². The molecule has 14 rings (SSSR count). The number of para-hydroxylation sites is 1. The molecule has 1 saturated carbocycles. The van der Waals surface area contributed by atoms with Crippen LogP contribution in [0.15, 0.2) is 225 Å². The second-order valence-corrected chi connectivity index (χ2v) is 36.8. The monoisotopic (exact) mass is 1830 g/mol. The molecule has 9 N–H and O–H groups in total. The van der Waals surface area contributed by atoms with E-state index in [1.807, 2.05) is 48.5 Å². The number of phenolic OH excluding ortho intramolecular Hbond substituents is 1. The van der Waals surface area contributed by atoms with Crippen LogP contribution in [0.25, 0.3) is 10.8 Å². The molecular weight excluding hydrogens is 1750 g/mol. The molecule has 0 spiro atoms. The van der Waals surface area contributed by atoms with Crippen LogP contribution in [0.2, 0.25) is 5.02 Å². The van der Waals surface area contributed by atoms with E-state index in [1.54, 1.807) is 124 Å². The highest BCUT2D eigenvalue weighted by atomic mass is 35.5. The van der Waals surface area contributed by atoms with Gasteiger partial charge < -0.3 is 39.7 Å². The van der Waals surface area contributed by atoms with Gasteiger partial charge in [-0.3, -0.25) is 53.3 Å². The standard InChI is InChI=1S/C26H26N2O5.C25H24F3NO6S.C24H25N3O6S.C16H15ClN2O3S2/c29-23(20-11-5-6-12-21(20)26(32)33)27-14-13-16-7-1-2-8-17(16)22(27)15-28-24(30)18-9-3-4-10-19(18)25(28)31;1-13(2)35-24(32)21(23(31)25(26,27)28)18-12-19(16-7-5-6-8-17(16)22(18)30)29-36(33,34)20-10-9-14(3)11-15(20)4;1-15-9-12-21(26-25-16(2)18-11-10-17(32-3)14-22(18)33-4)23(13-15)34(30,31)27-20-8-6-5-7-19(20)24(28)29;17-12-6-5-10(9-15(12)24(18,21)22)16(20)19-13-7-8-23-14-4-2-1-3-11(13)14/h1-4,7-10,20-22H,5-6,11-15H2,(H,32,33);5-13,21,29-30H,1-4H3;5-14,26-27H,1-4H3,(H,28,29);1-6,9,13H,7-8H2,(H,19,20)(H2,18,21,22). The number of thioether (sulfide) groups is 1. The number of carboxylic acid groups (broad SMARTS) is 2. The summed E-state index contributed by atoms with van der Waals surface area (Å²) in [7, 11) is -9.29. The molecule has 10 aromatic rings. The maximum Gasteiger partial charge on any atom is 0.451 e. The van der Waals surface area contributed by atoms with Gasteiger partial charge in [0.1, 0.15) is 27.0 Å². The predicted octanol–water partition coefficient (Wildman–Crippen LogP) is 15.7. The Bertz CT molecular complexity index is 6320. The largest absolute Gasteiger partial charge is 0.507 e. The maximum atomic E-state index is 13.7. The van der Waals surface area contributed by atoms with Gasteiger partial charge in [-0.25, -0.2) is 35.2 Å². The number of phenols is 1. The lowest BCUT2D eigenvalue weighted by atomic mass is 9.77. The number of methoxy groups -OCH3 is 2. The summed E-state index contributed by atoms with van der Waals surface area (Å²) in [5.41, 5.74) is 9.10. The number of aliphatic carboxylic acids is 1. The van der Waals surface area contributed by atoms with Gasteiger partial charge in [0.2, 0.25) is 15.9 Å². The van der Waals surface area contributed by atoms with E-state index < -0.39 is 101 Å². The van der Waals surface area contributed by atoms with Crippen LogP contribution in [-0.2, 0) is 60.4 Å². The number of carboxylic acids is 2. The number of ether oxygens (including phenoxy) is 3. The number of aromatic hydroxyl groups is 1. The molecule has 4 aliphatic rings. The number of anilines is 3. The van der Waals surface area contributed by atoms with Crippen molar-refractivity contribution in [2.75, 3.05) is 47.9 Å². The molecule has 28 nitrogen and oxygen atoms in total. The number of imide groups is 1. The topological polar surface area (TPSA) is 420 Å². The molecule has 36 heteroatoms. The Balaban J connectivity index is 0.000000166. The van der Waals surface area contributed by atoms with Crippen molar-refractivity contribution in [2.45, 2.75) is 130 Å². The van der Waals surface area contributed by atoms with Crippen LogP contribution in [0.3, 0.4) is 0 Å². The zero-order valence-electron chi connectivity index (χ0n) is 69.7. The highest BCUT2D eigenvalue weighted by Crippen LogP contribution is 2.44. The molecule has 0 radical (unpaired) electrons. The normalized spacial score (nSPS) is 16.4. The zero-order valence-corrected chi connectivity index (χ0v) is 73.7. The summed E-state index contributed by atoms with van der Waals surface area (Å²) < 4.78 is 136. The average molecular weight is 1840 g/mol. The molecule has 5 atom stereocenters. The fraction of sp³-hybridized carbons (Fsp3) is 0.264. The number of aryl methyl sites for hydroxylation is 3. The molecule has 10 aromatic carbocycles. The number of amides is 4. The van der Waals surface area contributed by atoms with Crippen LogP contribution in [0.5, 0.6) is 17.2 Å². The van der Waals surface area contributed by atoms with Gasteiger partial charge in [-0.05, 0) is 180 Å². The third kappa shape index (κ3) is 22.2. The second-order valence-electron chi connectivity index (χ2n) is 30.4. The van der Waals surface area contributed by atoms with Crippen molar-refractivity contribution < 1.29 is 106 Å². The Morgan fingerprint density at radius 2 is 1.25 bits per heavy atom. The fourth-order valence-corrected chi connectivity index (χ4v) is 20.1. The molecule has 0 saturated heterocycles. The summed E-state index contributed by atoms with van der Waals surface area (Å²) in [5.74, 6) is -9.93. The predicted molar refractivity (Wildman–Crippen MR) is 472 cm³/mol. The van der Waals surface area contributed by atoms with Crippen molar-refractivity contribution in [2.24, 2.45) is 22.1 Å². The number of nitrogens with one attached hydrogen (secondary N) is 4. The number of benzene rings is 10. The average Bonchev–Trinajstić information content (AvgIpc) is 1.06. The van der Waals surface area contributed by atoms with E-state index in [1.165, 1.54) is 98.7 Å². The Morgan fingerprint density at radius 3 is 1.90 bits per heavy atom.